The first-order valence-corrected chi connectivity index (χ1v) is 3.86. The van der Waals surface area contributed by atoms with Crippen LogP contribution in [0, 0.1) is 5.92 Å². The third kappa shape index (κ3) is 4.30. The van der Waals surface area contributed by atoms with Crippen molar-refractivity contribution in [2.24, 2.45) is 5.92 Å². The topological polar surface area (TPSA) is 17.1 Å². The second-order valence-corrected chi connectivity index (χ2v) is 2.35. The van der Waals surface area contributed by atoms with E-state index in [0.717, 1.165) is 12.8 Å². The molecule has 0 rings (SSSR count). The molecular weight excluding hydrogens is 124 g/mol. The summed E-state index contributed by atoms with van der Waals surface area (Å²) in [5.41, 5.74) is 0. The zero-order valence-electron chi connectivity index (χ0n) is 6.76. The van der Waals surface area contributed by atoms with Gasteiger partial charge in [0, 0.05) is 6.42 Å². The van der Waals surface area contributed by atoms with Gasteiger partial charge in [0.05, 0.1) is 0 Å². The lowest BCUT2D eigenvalue weighted by Gasteiger charge is -2.02. The Hall–Kier alpha value is -0.590. The molecule has 0 amide bonds. The van der Waals surface area contributed by atoms with Crippen LogP contribution in [-0.2, 0) is 4.79 Å². The van der Waals surface area contributed by atoms with E-state index in [9.17, 15) is 4.79 Å². The van der Waals surface area contributed by atoms with Crippen LogP contribution >= 0.6 is 0 Å². The van der Waals surface area contributed by atoms with Gasteiger partial charge in [-0.05, 0) is 18.8 Å². The Balaban J connectivity index is 3.58. The van der Waals surface area contributed by atoms with Crippen molar-refractivity contribution in [3.8, 4) is 0 Å². The summed E-state index contributed by atoms with van der Waals surface area (Å²) in [6.07, 6.45) is 8.76. The van der Waals surface area contributed by atoms with Crippen LogP contribution in [0.5, 0.6) is 0 Å². The van der Waals surface area contributed by atoms with Crippen LogP contribution in [0.3, 0.4) is 0 Å². The highest BCUT2D eigenvalue weighted by molar-refractivity contribution is 5.51. The number of hydrogen-bond acceptors (Lipinski definition) is 1. The molecule has 0 heterocycles. The third-order valence-electron chi connectivity index (χ3n) is 1.51. The molecule has 0 saturated heterocycles. The number of carbonyl (C=O) groups excluding carboxylic acids is 1. The van der Waals surface area contributed by atoms with E-state index in [2.05, 4.69) is 26.0 Å². The van der Waals surface area contributed by atoms with Crippen molar-refractivity contribution >= 4 is 6.29 Å². The molecule has 0 aromatic heterocycles. The summed E-state index contributed by atoms with van der Waals surface area (Å²) in [5.74, 6) is 0.414. The first-order chi connectivity index (χ1) is 4.85. The molecule has 0 aromatic rings. The van der Waals surface area contributed by atoms with Gasteiger partial charge in [-0.2, -0.15) is 0 Å². The zero-order chi connectivity index (χ0) is 7.82. The van der Waals surface area contributed by atoms with Crippen molar-refractivity contribution in [1.82, 2.24) is 0 Å². The van der Waals surface area contributed by atoms with Crippen LogP contribution in [0.4, 0.5) is 0 Å². The van der Waals surface area contributed by atoms with Gasteiger partial charge in [0.25, 0.3) is 0 Å². The molecule has 10 heavy (non-hydrogen) atoms. The van der Waals surface area contributed by atoms with Gasteiger partial charge in [-0.1, -0.05) is 26.0 Å². The monoisotopic (exact) mass is 139 g/mol. The van der Waals surface area contributed by atoms with Crippen LogP contribution in [0.25, 0.3) is 0 Å². The average molecular weight is 139 g/mol. The summed E-state index contributed by atoms with van der Waals surface area (Å²) in [6, 6.07) is 0. The molecule has 1 atom stereocenters. The smallest absolute Gasteiger partial charge is 0.198 e. The lowest BCUT2D eigenvalue weighted by Crippen LogP contribution is -1.93. The number of hydrogen-bond donors (Lipinski definition) is 0. The van der Waals surface area contributed by atoms with Gasteiger partial charge < -0.3 is 0 Å². The van der Waals surface area contributed by atoms with E-state index in [1.165, 1.54) is 0 Å². The summed E-state index contributed by atoms with van der Waals surface area (Å²) in [7, 11) is 0. The minimum atomic E-state index is 0.414. The molecule has 0 aromatic carbocycles. The van der Waals surface area contributed by atoms with Crippen LogP contribution in [-0.4, -0.2) is 6.29 Å². The van der Waals surface area contributed by atoms with Crippen molar-refractivity contribution in [1.29, 1.82) is 0 Å². The second kappa shape index (κ2) is 6.53. The summed E-state index contributed by atoms with van der Waals surface area (Å²) in [5, 5.41) is 0. The lowest BCUT2D eigenvalue weighted by molar-refractivity contribution is 0.532. The molecule has 1 heteroatoms. The standard InChI is InChI=1S/C9H15O/c1-3-5-6-9(4-2)7-8-10/h5-6,9H,3-4,7H2,1-2H3/t9-/m0/s1. The molecule has 1 nitrogen and oxygen atoms in total. The molecule has 0 spiro atoms. The predicted octanol–water partition coefficient (Wildman–Crippen LogP) is 2.48. The lowest BCUT2D eigenvalue weighted by atomic mass is 10.0. The third-order valence-corrected chi connectivity index (χ3v) is 1.51. The molecule has 0 unspecified atom stereocenters. The van der Waals surface area contributed by atoms with E-state index in [-0.39, 0.29) is 0 Å². The Bertz CT molecular complexity index is 105. The van der Waals surface area contributed by atoms with Crippen LogP contribution in [0.1, 0.15) is 33.1 Å². The van der Waals surface area contributed by atoms with E-state index < -0.39 is 0 Å². The van der Waals surface area contributed by atoms with E-state index in [1.807, 2.05) is 6.29 Å². The van der Waals surface area contributed by atoms with E-state index >= 15 is 0 Å². The maximum Gasteiger partial charge on any atom is 0.198 e. The molecule has 0 N–H and O–H groups in total. The summed E-state index contributed by atoms with van der Waals surface area (Å²) >= 11 is 0. The Kier molecular flexibility index (Phi) is 6.14. The van der Waals surface area contributed by atoms with Gasteiger partial charge in [-0.15, -0.1) is 0 Å². The molecule has 0 aliphatic carbocycles. The fraction of sp³-hybridized carbons (Fsp3) is 0.667. The van der Waals surface area contributed by atoms with Crippen molar-refractivity contribution < 1.29 is 4.79 Å². The number of rotatable bonds is 5. The Morgan fingerprint density at radius 1 is 1.50 bits per heavy atom. The molecule has 0 bridgehead atoms. The highest BCUT2D eigenvalue weighted by atomic mass is 16.1. The van der Waals surface area contributed by atoms with Crippen molar-refractivity contribution in [3.63, 3.8) is 0 Å². The van der Waals surface area contributed by atoms with Crippen LogP contribution in [0.2, 0.25) is 0 Å². The molecule has 0 fully saturated rings. The first kappa shape index (κ1) is 9.41. The molecule has 0 saturated carbocycles. The summed E-state index contributed by atoms with van der Waals surface area (Å²) < 4.78 is 0. The fourth-order valence-electron chi connectivity index (χ4n) is 0.784. The second-order valence-electron chi connectivity index (χ2n) is 2.35. The summed E-state index contributed by atoms with van der Waals surface area (Å²) in [6.45, 7) is 4.18. The van der Waals surface area contributed by atoms with Crippen molar-refractivity contribution in [2.75, 3.05) is 0 Å². The van der Waals surface area contributed by atoms with Gasteiger partial charge in [0.1, 0.15) is 0 Å². The molecule has 57 valence electrons. The SMILES string of the molecule is CCC=C[C@H](CC)C[C]=O. The Morgan fingerprint density at radius 2 is 2.20 bits per heavy atom. The number of allylic oxidation sites excluding steroid dienone is 2. The highest BCUT2D eigenvalue weighted by Crippen LogP contribution is 2.07. The van der Waals surface area contributed by atoms with Gasteiger partial charge in [0.15, 0.2) is 6.29 Å². The van der Waals surface area contributed by atoms with Crippen molar-refractivity contribution in [3.05, 3.63) is 12.2 Å². The Labute approximate surface area is 63.1 Å². The van der Waals surface area contributed by atoms with Crippen molar-refractivity contribution in [2.45, 2.75) is 33.1 Å². The largest absolute Gasteiger partial charge is 0.291 e. The predicted molar refractivity (Wildman–Crippen MR) is 43.5 cm³/mol. The van der Waals surface area contributed by atoms with Gasteiger partial charge in [0.2, 0.25) is 0 Å². The first-order valence-electron chi connectivity index (χ1n) is 3.86. The van der Waals surface area contributed by atoms with Gasteiger partial charge in [-0.25, -0.2) is 0 Å². The minimum absolute atomic E-state index is 0.414. The maximum absolute atomic E-state index is 9.98. The Morgan fingerprint density at radius 3 is 2.60 bits per heavy atom. The van der Waals surface area contributed by atoms with E-state index in [4.69, 9.17) is 0 Å². The minimum Gasteiger partial charge on any atom is -0.291 e. The molecule has 0 aliphatic rings. The molecule has 1 radical (unpaired) electrons. The maximum atomic E-state index is 9.98. The zero-order valence-corrected chi connectivity index (χ0v) is 6.76. The molecule has 0 aliphatic heterocycles. The van der Waals surface area contributed by atoms with Gasteiger partial charge >= 0.3 is 0 Å². The van der Waals surface area contributed by atoms with Crippen LogP contribution in [0.15, 0.2) is 12.2 Å². The quantitative estimate of drug-likeness (QED) is 0.535. The summed E-state index contributed by atoms with van der Waals surface area (Å²) in [4.78, 5) is 9.98. The van der Waals surface area contributed by atoms with E-state index in [0.29, 0.717) is 12.3 Å². The van der Waals surface area contributed by atoms with Crippen LogP contribution < -0.4 is 0 Å². The molecular formula is C9H15O. The fourth-order valence-corrected chi connectivity index (χ4v) is 0.784. The van der Waals surface area contributed by atoms with E-state index in [1.54, 1.807) is 0 Å². The van der Waals surface area contributed by atoms with Gasteiger partial charge in [-0.3, -0.25) is 4.79 Å². The average Bonchev–Trinajstić information content (AvgIpc) is 1.98. The highest BCUT2D eigenvalue weighted by Gasteiger charge is 1.98. The normalized spacial score (nSPS) is 13.8.